The second-order valence-corrected chi connectivity index (χ2v) is 7.25. The topological polar surface area (TPSA) is 93.0 Å². The third-order valence-corrected chi connectivity index (χ3v) is 5.25. The Morgan fingerprint density at radius 1 is 1.10 bits per heavy atom. The van der Waals surface area contributed by atoms with Crippen LogP contribution >= 0.6 is 11.6 Å². The van der Waals surface area contributed by atoms with E-state index in [0.29, 0.717) is 31.2 Å². The number of carbonyl (C=O) groups is 2. The third kappa shape index (κ3) is 4.77. The van der Waals surface area contributed by atoms with Gasteiger partial charge in [0.15, 0.2) is 0 Å². The second kappa shape index (κ2) is 9.69. The van der Waals surface area contributed by atoms with Crippen molar-refractivity contribution in [2.24, 2.45) is 0 Å². The van der Waals surface area contributed by atoms with Gasteiger partial charge < -0.3 is 9.64 Å². The Labute approximate surface area is 179 Å². The highest BCUT2D eigenvalue weighted by Crippen LogP contribution is 2.26. The lowest BCUT2D eigenvalue weighted by Gasteiger charge is -2.38. The van der Waals surface area contributed by atoms with Crippen LogP contribution in [0.1, 0.15) is 28.9 Å². The first kappa shape index (κ1) is 21.7. The van der Waals surface area contributed by atoms with Crippen molar-refractivity contribution >= 4 is 29.2 Å². The van der Waals surface area contributed by atoms with Gasteiger partial charge in [0.1, 0.15) is 11.6 Å². The fourth-order valence-corrected chi connectivity index (χ4v) is 3.66. The number of rotatable bonds is 6. The zero-order chi connectivity index (χ0) is 21.7. The molecular weight excluding hydrogens is 410 g/mol. The fourth-order valence-electron chi connectivity index (χ4n) is 3.53. The van der Waals surface area contributed by atoms with Gasteiger partial charge in [0.25, 0.3) is 11.6 Å². The molecule has 0 saturated carbocycles. The lowest BCUT2D eigenvalue weighted by molar-refractivity contribution is -0.385. The van der Waals surface area contributed by atoms with E-state index < -0.39 is 11.0 Å². The maximum Gasteiger partial charge on any atom is 0.328 e. The number of ether oxygens (including phenoxy) is 1. The summed E-state index contributed by atoms with van der Waals surface area (Å²) in [7, 11) is 0. The monoisotopic (exact) mass is 431 g/mol. The Morgan fingerprint density at radius 3 is 2.33 bits per heavy atom. The van der Waals surface area contributed by atoms with Crippen molar-refractivity contribution in [1.29, 1.82) is 0 Å². The van der Waals surface area contributed by atoms with Gasteiger partial charge >= 0.3 is 5.97 Å². The zero-order valence-electron chi connectivity index (χ0n) is 16.5. The van der Waals surface area contributed by atoms with Gasteiger partial charge in [-0.3, -0.25) is 19.8 Å². The van der Waals surface area contributed by atoms with E-state index >= 15 is 0 Å². The maximum atomic E-state index is 12.8. The standard InChI is InChI=1S/C21H22ClN3O5/c1-2-30-21(27)19(15-7-9-16(22)10-8-15)23-11-13-24(14-12-23)20(26)17-5-3-4-6-18(17)25(28)29/h3-10,19H,2,11-14H2,1H3/t19-/m1/s1. The predicted molar refractivity (Wildman–Crippen MR) is 111 cm³/mol. The van der Waals surface area contributed by atoms with E-state index in [9.17, 15) is 19.7 Å². The van der Waals surface area contributed by atoms with Crippen molar-refractivity contribution in [3.63, 3.8) is 0 Å². The van der Waals surface area contributed by atoms with Gasteiger partial charge in [-0.15, -0.1) is 0 Å². The van der Waals surface area contributed by atoms with E-state index in [4.69, 9.17) is 16.3 Å². The largest absolute Gasteiger partial charge is 0.465 e. The number of nitrogens with zero attached hydrogens (tertiary/aromatic N) is 3. The van der Waals surface area contributed by atoms with Crippen molar-refractivity contribution in [1.82, 2.24) is 9.80 Å². The van der Waals surface area contributed by atoms with Crippen molar-refractivity contribution < 1.29 is 19.2 Å². The van der Waals surface area contributed by atoms with Gasteiger partial charge in [-0.25, -0.2) is 4.79 Å². The molecule has 0 unspecified atom stereocenters. The van der Waals surface area contributed by atoms with Crippen molar-refractivity contribution in [2.75, 3.05) is 32.8 Å². The van der Waals surface area contributed by atoms with Gasteiger partial charge in [0.2, 0.25) is 0 Å². The van der Waals surface area contributed by atoms with Crippen molar-refractivity contribution in [3.8, 4) is 0 Å². The number of amides is 1. The Hall–Kier alpha value is -2.97. The zero-order valence-corrected chi connectivity index (χ0v) is 17.2. The molecule has 158 valence electrons. The first-order chi connectivity index (χ1) is 14.4. The summed E-state index contributed by atoms with van der Waals surface area (Å²) in [5.41, 5.74) is 0.613. The Balaban J connectivity index is 1.75. The molecule has 9 heteroatoms. The first-order valence-corrected chi connectivity index (χ1v) is 9.99. The fraction of sp³-hybridized carbons (Fsp3) is 0.333. The molecule has 1 fully saturated rings. The van der Waals surface area contributed by atoms with Crippen molar-refractivity contribution in [2.45, 2.75) is 13.0 Å². The van der Waals surface area contributed by atoms with Crippen LogP contribution in [0.4, 0.5) is 5.69 Å². The predicted octanol–water partition coefficient (Wildman–Crippen LogP) is 3.31. The minimum Gasteiger partial charge on any atom is -0.465 e. The molecule has 0 bridgehead atoms. The average molecular weight is 432 g/mol. The molecule has 30 heavy (non-hydrogen) atoms. The van der Waals surface area contributed by atoms with Gasteiger partial charge in [0.05, 0.1) is 11.5 Å². The maximum absolute atomic E-state index is 12.8. The minimum atomic E-state index is -0.606. The average Bonchev–Trinajstić information content (AvgIpc) is 2.75. The molecule has 0 radical (unpaired) electrons. The van der Waals surface area contributed by atoms with Gasteiger partial charge in [-0.1, -0.05) is 35.9 Å². The molecule has 8 nitrogen and oxygen atoms in total. The lowest BCUT2D eigenvalue weighted by Crippen LogP contribution is -2.51. The second-order valence-electron chi connectivity index (χ2n) is 6.81. The van der Waals surface area contributed by atoms with Gasteiger partial charge in [-0.05, 0) is 30.7 Å². The summed E-state index contributed by atoms with van der Waals surface area (Å²) in [5, 5.41) is 11.8. The quantitative estimate of drug-likeness (QED) is 0.395. The first-order valence-electron chi connectivity index (χ1n) is 9.61. The Bertz CT molecular complexity index is 926. The van der Waals surface area contributed by atoms with Gasteiger partial charge in [0, 0.05) is 37.3 Å². The number of halogens is 1. The number of nitro benzene ring substituents is 1. The summed E-state index contributed by atoms with van der Waals surface area (Å²) >= 11 is 5.97. The minimum absolute atomic E-state index is 0.0654. The number of nitro groups is 1. The van der Waals surface area contributed by atoms with Crippen LogP contribution in [0.5, 0.6) is 0 Å². The third-order valence-electron chi connectivity index (χ3n) is 4.99. The van der Waals surface area contributed by atoms with E-state index in [0.717, 1.165) is 5.56 Å². The van der Waals surface area contributed by atoms with E-state index in [2.05, 4.69) is 0 Å². The van der Waals surface area contributed by atoms with E-state index in [1.807, 2.05) is 4.90 Å². The number of para-hydroxylation sites is 1. The number of carbonyl (C=O) groups excluding carboxylic acids is 2. The summed E-state index contributed by atoms with van der Waals surface area (Å²) < 4.78 is 5.26. The highest BCUT2D eigenvalue weighted by atomic mass is 35.5. The summed E-state index contributed by atoms with van der Waals surface area (Å²) in [5.74, 6) is -0.751. The molecule has 0 aliphatic carbocycles. The molecule has 1 amide bonds. The Kier molecular flexibility index (Phi) is 7.02. The molecule has 1 aliphatic rings. The molecule has 3 rings (SSSR count). The molecule has 2 aromatic rings. The van der Waals surface area contributed by atoms with E-state index in [1.54, 1.807) is 42.2 Å². The number of esters is 1. The van der Waals surface area contributed by atoms with Crippen LogP contribution < -0.4 is 0 Å². The van der Waals surface area contributed by atoms with Crippen LogP contribution in [0, 0.1) is 10.1 Å². The van der Waals surface area contributed by atoms with Crippen LogP contribution in [0.3, 0.4) is 0 Å². The molecule has 0 N–H and O–H groups in total. The molecule has 1 saturated heterocycles. The van der Waals surface area contributed by atoms with Crippen LogP contribution in [-0.4, -0.2) is 59.4 Å². The lowest BCUT2D eigenvalue weighted by atomic mass is 10.0. The Morgan fingerprint density at radius 2 is 1.73 bits per heavy atom. The summed E-state index contributed by atoms with van der Waals surface area (Å²) in [6.45, 7) is 3.55. The van der Waals surface area contributed by atoms with Crippen LogP contribution in [0.25, 0.3) is 0 Å². The molecule has 1 aliphatic heterocycles. The number of hydrogen-bond acceptors (Lipinski definition) is 6. The number of piperazine rings is 1. The summed E-state index contributed by atoms with van der Waals surface area (Å²) in [6, 6.07) is 12.3. The SMILES string of the molecule is CCOC(=O)[C@@H](c1ccc(Cl)cc1)N1CCN(C(=O)c2ccccc2[N+](=O)[O-])CC1. The van der Waals surface area contributed by atoms with E-state index in [1.165, 1.54) is 18.2 Å². The number of benzene rings is 2. The molecule has 1 heterocycles. The van der Waals surface area contributed by atoms with Crippen LogP contribution in [-0.2, 0) is 9.53 Å². The van der Waals surface area contributed by atoms with Gasteiger partial charge in [-0.2, -0.15) is 0 Å². The molecule has 1 atom stereocenters. The van der Waals surface area contributed by atoms with Crippen LogP contribution in [0.15, 0.2) is 48.5 Å². The smallest absolute Gasteiger partial charge is 0.328 e. The highest BCUT2D eigenvalue weighted by molar-refractivity contribution is 6.30. The van der Waals surface area contributed by atoms with Crippen LogP contribution in [0.2, 0.25) is 5.02 Å². The highest BCUT2D eigenvalue weighted by Gasteiger charge is 2.34. The molecule has 0 spiro atoms. The molecule has 2 aromatic carbocycles. The van der Waals surface area contributed by atoms with Crippen molar-refractivity contribution in [3.05, 3.63) is 74.8 Å². The normalized spacial score (nSPS) is 15.5. The summed E-state index contributed by atoms with van der Waals surface area (Å²) in [4.78, 5) is 39.7. The molecule has 0 aromatic heterocycles. The number of hydrogen-bond donors (Lipinski definition) is 0. The summed E-state index contributed by atoms with van der Waals surface area (Å²) in [6.07, 6.45) is 0. The molecular formula is C21H22ClN3O5. The van der Waals surface area contributed by atoms with E-state index in [-0.39, 0.29) is 29.7 Å².